The topological polar surface area (TPSA) is 26.3 Å². The molecule has 0 atom stereocenters. The second kappa shape index (κ2) is 9.52. The van der Waals surface area contributed by atoms with Crippen molar-refractivity contribution in [2.45, 2.75) is 13.3 Å². The summed E-state index contributed by atoms with van der Waals surface area (Å²) in [5.74, 6) is 0.875. The number of carbonyl (C=O) groups excluding carboxylic acids is 1. The van der Waals surface area contributed by atoms with Gasteiger partial charge >= 0.3 is 0 Å². The second-order valence-electron chi connectivity index (χ2n) is 6.71. The Morgan fingerprint density at radius 3 is 2.21 bits per heavy atom. The molecule has 2 heteroatoms. The zero-order valence-electron chi connectivity index (χ0n) is 16.1. The first kappa shape index (κ1) is 19.4. The molecule has 28 heavy (non-hydrogen) atoms. The van der Waals surface area contributed by atoms with Gasteiger partial charge in [-0.3, -0.25) is 4.79 Å². The van der Waals surface area contributed by atoms with Crippen LogP contribution in [0.1, 0.15) is 34.0 Å². The Balaban J connectivity index is 1.49. The molecule has 0 fully saturated rings. The van der Waals surface area contributed by atoms with Gasteiger partial charge in [-0.25, -0.2) is 0 Å². The Morgan fingerprint density at radius 1 is 0.893 bits per heavy atom. The molecule has 0 bridgehead atoms. The Bertz CT molecular complexity index is 950. The molecule has 0 unspecified atom stereocenters. The highest BCUT2D eigenvalue weighted by Gasteiger charge is 2.00. The minimum Gasteiger partial charge on any atom is -0.493 e. The summed E-state index contributed by atoms with van der Waals surface area (Å²) in [6, 6.07) is 25.5. The van der Waals surface area contributed by atoms with Gasteiger partial charge in [0.05, 0.1) is 6.61 Å². The van der Waals surface area contributed by atoms with E-state index in [1.54, 1.807) is 6.08 Å². The van der Waals surface area contributed by atoms with Crippen LogP contribution in [0.4, 0.5) is 0 Å². The van der Waals surface area contributed by atoms with Crippen molar-refractivity contribution >= 4 is 17.4 Å². The molecule has 0 saturated heterocycles. The van der Waals surface area contributed by atoms with Crippen molar-refractivity contribution in [3.8, 4) is 5.75 Å². The highest BCUT2D eigenvalue weighted by Crippen LogP contribution is 2.17. The maximum atomic E-state index is 12.1. The third kappa shape index (κ3) is 5.55. The van der Waals surface area contributed by atoms with E-state index in [0.29, 0.717) is 12.2 Å². The zero-order valence-corrected chi connectivity index (χ0v) is 16.1. The maximum Gasteiger partial charge on any atom is 0.185 e. The first-order valence-electron chi connectivity index (χ1n) is 9.37. The molecule has 0 aliphatic rings. The Labute approximate surface area is 166 Å². The van der Waals surface area contributed by atoms with Gasteiger partial charge in [-0.1, -0.05) is 85.0 Å². The van der Waals surface area contributed by atoms with Crippen molar-refractivity contribution in [1.29, 1.82) is 0 Å². The van der Waals surface area contributed by atoms with Crippen LogP contribution in [0.25, 0.3) is 11.6 Å². The Morgan fingerprint density at radius 2 is 1.57 bits per heavy atom. The molecule has 0 amide bonds. The van der Waals surface area contributed by atoms with Gasteiger partial charge in [-0.2, -0.15) is 0 Å². The lowest BCUT2D eigenvalue weighted by atomic mass is 10.1. The Kier molecular flexibility index (Phi) is 6.59. The van der Waals surface area contributed by atoms with Crippen molar-refractivity contribution in [3.63, 3.8) is 0 Å². The summed E-state index contributed by atoms with van der Waals surface area (Å²) in [5, 5.41) is 0. The predicted molar refractivity (Wildman–Crippen MR) is 117 cm³/mol. The first-order valence-corrected chi connectivity index (χ1v) is 9.37. The van der Waals surface area contributed by atoms with Crippen molar-refractivity contribution in [3.05, 3.63) is 114 Å². The fraction of sp³-hybridized carbons (Fsp3) is 0.115. The van der Waals surface area contributed by atoms with E-state index < -0.39 is 0 Å². The highest BCUT2D eigenvalue weighted by atomic mass is 16.5. The maximum absolute atomic E-state index is 12.1. The van der Waals surface area contributed by atoms with E-state index >= 15 is 0 Å². The standard InChI is InChI=1S/C26H24O2/c1-20(2)23-13-15-25(16-14-23)28-19-18-22-10-8-21(9-11-22)12-17-26(27)24-6-4-3-5-7-24/h3-17H,1,18-19H2,2H3/b17-12+. The van der Waals surface area contributed by atoms with Crippen LogP contribution >= 0.6 is 0 Å². The SMILES string of the molecule is C=C(C)c1ccc(OCCc2ccc(/C=C/C(=O)c3ccccc3)cc2)cc1. The molecule has 2 nitrogen and oxygen atoms in total. The van der Waals surface area contributed by atoms with Gasteiger partial charge in [0.15, 0.2) is 5.78 Å². The molecule has 140 valence electrons. The summed E-state index contributed by atoms with van der Waals surface area (Å²) in [7, 11) is 0. The molecule has 3 aromatic rings. The van der Waals surface area contributed by atoms with Crippen LogP contribution in [0.3, 0.4) is 0 Å². The number of hydrogen-bond donors (Lipinski definition) is 0. The van der Waals surface area contributed by atoms with E-state index in [-0.39, 0.29) is 5.78 Å². The lowest BCUT2D eigenvalue weighted by molar-refractivity contribution is 0.104. The van der Waals surface area contributed by atoms with Crippen molar-refractivity contribution < 1.29 is 9.53 Å². The van der Waals surface area contributed by atoms with Crippen LogP contribution in [-0.2, 0) is 6.42 Å². The minimum atomic E-state index is 0.00995. The van der Waals surface area contributed by atoms with Crippen LogP contribution in [0.5, 0.6) is 5.75 Å². The number of carbonyl (C=O) groups is 1. The number of hydrogen-bond acceptors (Lipinski definition) is 2. The monoisotopic (exact) mass is 368 g/mol. The van der Waals surface area contributed by atoms with E-state index in [1.807, 2.05) is 79.7 Å². The van der Waals surface area contributed by atoms with E-state index in [1.165, 1.54) is 5.56 Å². The average molecular weight is 368 g/mol. The smallest absolute Gasteiger partial charge is 0.185 e. The normalized spacial score (nSPS) is 10.8. The molecule has 3 aromatic carbocycles. The quantitative estimate of drug-likeness (QED) is 0.348. The summed E-state index contributed by atoms with van der Waals surface area (Å²) in [6.45, 7) is 6.55. The van der Waals surface area contributed by atoms with Gasteiger partial charge in [0.1, 0.15) is 5.75 Å². The fourth-order valence-corrected chi connectivity index (χ4v) is 2.79. The molecular weight excluding hydrogens is 344 g/mol. The highest BCUT2D eigenvalue weighted by molar-refractivity contribution is 6.06. The van der Waals surface area contributed by atoms with Crippen molar-refractivity contribution in [2.75, 3.05) is 6.61 Å². The number of rotatable bonds is 8. The van der Waals surface area contributed by atoms with Gasteiger partial charge in [0.2, 0.25) is 0 Å². The second-order valence-corrected chi connectivity index (χ2v) is 6.71. The van der Waals surface area contributed by atoms with Gasteiger partial charge in [0, 0.05) is 12.0 Å². The predicted octanol–water partition coefficient (Wildman–Crippen LogP) is 6.24. The molecule has 0 radical (unpaired) electrons. The van der Waals surface area contributed by atoms with Gasteiger partial charge in [0.25, 0.3) is 0 Å². The lowest BCUT2D eigenvalue weighted by Crippen LogP contribution is -2.01. The molecule has 0 N–H and O–H groups in total. The molecular formula is C26H24O2. The fourth-order valence-electron chi connectivity index (χ4n) is 2.79. The summed E-state index contributed by atoms with van der Waals surface area (Å²) in [5.41, 5.74) is 5.08. The third-order valence-corrected chi connectivity index (χ3v) is 4.47. The molecule has 0 saturated carbocycles. The Hall–Kier alpha value is -3.39. The van der Waals surface area contributed by atoms with Crippen molar-refractivity contribution in [2.24, 2.45) is 0 Å². The van der Waals surface area contributed by atoms with E-state index in [0.717, 1.165) is 28.9 Å². The van der Waals surface area contributed by atoms with Gasteiger partial charge < -0.3 is 4.74 Å². The van der Waals surface area contributed by atoms with Crippen LogP contribution in [0.15, 0.2) is 91.5 Å². The summed E-state index contributed by atoms with van der Waals surface area (Å²) >= 11 is 0. The van der Waals surface area contributed by atoms with Gasteiger partial charge in [-0.15, -0.1) is 0 Å². The minimum absolute atomic E-state index is 0.00995. The van der Waals surface area contributed by atoms with Crippen LogP contribution in [0, 0.1) is 0 Å². The molecule has 3 rings (SSSR count). The van der Waals surface area contributed by atoms with Gasteiger partial charge in [-0.05, 0) is 41.8 Å². The summed E-state index contributed by atoms with van der Waals surface area (Å²) in [4.78, 5) is 12.1. The van der Waals surface area contributed by atoms with Crippen LogP contribution < -0.4 is 4.74 Å². The lowest BCUT2D eigenvalue weighted by Gasteiger charge is -2.07. The summed E-state index contributed by atoms with van der Waals surface area (Å²) < 4.78 is 5.81. The summed E-state index contributed by atoms with van der Waals surface area (Å²) in [6.07, 6.45) is 4.29. The van der Waals surface area contributed by atoms with Crippen LogP contribution in [-0.4, -0.2) is 12.4 Å². The molecule has 0 aliphatic heterocycles. The van der Waals surface area contributed by atoms with E-state index in [9.17, 15) is 4.79 Å². The van der Waals surface area contributed by atoms with E-state index in [2.05, 4.69) is 18.7 Å². The number of ketones is 1. The van der Waals surface area contributed by atoms with Crippen LogP contribution in [0.2, 0.25) is 0 Å². The zero-order chi connectivity index (χ0) is 19.8. The largest absolute Gasteiger partial charge is 0.493 e. The molecule has 0 aromatic heterocycles. The molecule has 0 spiro atoms. The number of ether oxygens (including phenoxy) is 1. The molecule has 0 aliphatic carbocycles. The first-order chi connectivity index (χ1) is 13.6. The number of benzene rings is 3. The van der Waals surface area contributed by atoms with Crippen molar-refractivity contribution in [1.82, 2.24) is 0 Å². The third-order valence-electron chi connectivity index (χ3n) is 4.47. The number of allylic oxidation sites excluding steroid dienone is 2. The molecule has 0 heterocycles. The average Bonchev–Trinajstić information content (AvgIpc) is 2.74. The van der Waals surface area contributed by atoms with E-state index in [4.69, 9.17) is 4.74 Å².